The normalized spacial score (nSPS) is 21.3. The quantitative estimate of drug-likeness (QED) is 0.761. The zero-order chi connectivity index (χ0) is 19.3. The van der Waals surface area contributed by atoms with E-state index in [-0.39, 0.29) is 11.9 Å². The van der Waals surface area contributed by atoms with Gasteiger partial charge in [0.05, 0.1) is 25.1 Å². The summed E-state index contributed by atoms with van der Waals surface area (Å²) >= 11 is 0. The van der Waals surface area contributed by atoms with Crippen LogP contribution in [0.1, 0.15) is 37.7 Å². The molecule has 1 unspecified atom stereocenters. The van der Waals surface area contributed by atoms with Crippen LogP contribution in [0, 0.1) is 0 Å². The lowest BCUT2D eigenvalue weighted by atomic mass is 9.99. The van der Waals surface area contributed by atoms with Gasteiger partial charge in [-0.25, -0.2) is 18.1 Å². The first-order valence-corrected chi connectivity index (χ1v) is 11.4. The molecule has 2 aliphatic rings. The average molecular weight is 393 g/mol. The second-order valence-electron chi connectivity index (χ2n) is 7.25. The molecule has 1 amide bonds. The minimum Gasteiger partial charge on any atom is -0.291 e. The summed E-state index contributed by atoms with van der Waals surface area (Å²) in [5, 5.41) is 6.11. The van der Waals surface area contributed by atoms with E-state index in [9.17, 15) is 13.2 Å². The van der Waals surface area contributed by atoms with Crippen molar-refractivity contribution in [3.8, 4) is 0 Å². The Kier molecular flexibility index (Phi) is 6.62. The number of nitrogens with one attached hydrogen (secondary N) is 1. The summed E-state index contributed by atoms with van der Waals surface area (Å²) in [6.45, 7) is 2.25. The molecule has 27 heavy (non-hydrogen) atoms. The Morgan fingerprint density at radius 2 is 2.00 bits per heavy atom. The first-order chi connectivity index (χ1) is 12.9. The van der Waals surface area contributed by atoms with Gasteiger partial charge >= 0.3 is 0 Å². The summed E-state index contributed by atoms with van der Waals surface area (Å²) in [7, 11) is -3.17. The fraction of sp³-hybridized carbons (Fsp3) is 0.579. The largest absolute Gasteiger partial charge is 0.291 e. The van der Waals surface area contributed by atoms with Crippen LogP contribution in [-0.4, -0.2) is 68.4 Å². The van der Waals surface area contributed by atoms with Crippen LogP contribution in [0.3, 0.4) is 0 Å². The fourth-order valence-electron chi connectivity index (χ4n) is 3.73. The van der Waals surface area contributed by atoms with E-state index in [2.05, 4.69) is 14.7 Å². The molecule has 2 heterocycles. The maximum Gasteiger partial charge on any atom is 0.256 e. The van der Waals surface area contributed by atoms with E-state index >= 15 is 0 Å². The van der Waals surface area contributed by atoms with E-state index < -0.39 is 10.0 Å². The second kappa shape index (κ2) is 8.95. The Hall–Kier alpha value is -1.77. The number of carbonyl (C=O) groups is 1. The molecule has 0 aliphatic carbocycles. The molecular formula is C19H28N4O3S. The molecule has 3 rings (SSSR count). The van der Waals surface area contributed by atoms with Crippen molar-refractivity contribution in [1.29, 1.82) is 0 Å². The van der Waals surface area contributed by atoms with Crippen LogP contribution in [0.2, 0.25) is 0 Å². The van der Waals surface area contributed by atoms with Gasteiger partial charge in [-0.05, 0) is 31.4 Å². The van der Waals surface area contributed by atoms with Crippen molar-refractivity contribution in [3.05, 3.63) is 35.9 Å². The molecule has 1 saturated heterocycles. The third-order valence-electron chi connectivity index (χ3n) is 5.13. The Morgan fingerprint density at radius 1 is 1.22 bits per heavy atom. The van der Waals surface area contributed by atoms with E-state index in [1.165, 1.54) is 6.26 Å². The molecular weight excluding hydrogens is 364 g/mol. The van der Waals surface area contributed by atoms with Crippen molar-refractivity contribution < 1.29 is 13.2 Å². The topological polar surface area (TPSA) is 82.1 Å². The summed E-state index contributed by atoms with van der Waals surface area (Å²) in [6, 6.07) is 10.2. The third-order valence-corrected chi connectivity index (χ3v) is 5.85. The number of benzene rings is 1. The first kappa shape index (κ1) is 20.0. The molecule has 1 aromatic rings. The van der Waals surface area contributed by atoms with Crippen molar-refractivity contribution in [2.75, 3.05) is 32.4 Å². The summed E-state index contributed by atoms with van der Waals surface area (Å²) in [6.07, 6.45) is 5.86. The third kappa shape index (κ3) is 5.85. The standard InChI is InChI=1S/C19H28N4O3S/c1-27(25,26)20-12-10-17-9-5-6-13-22(17)15-19(24)23-14-11-18(21-23)16-7-3-2-4-8-16/h2-4,7-8,17,20H,5-6,9-15H2,1H3. The summed E-state index contributed by atoms with van der Waals surface area (Å²) in [5.74, 6) is 0.0175. The minimum absolute atomic E-state index is 0.0175. The molecule has 0 saturated carbocycles. The number of hydrogen-bond donors (Lipinski definition) is 1. The maximum absolute atomic E-state index is 12.7. The van der Waals surface area contributed by atoms with Crippen molar-refractivity contribution in [1.82, 2.24) is 14.6 Å². The van der Waals surface area contributed by atoms with Crippen molar-refractivity contribution in [2.45, 2.75) is 38.1 Å². The first-order valence-electron chi connectivity index (χ1n) is 9.54. The number of hydrogen-bond acceptors (Lipinski definition) is 5. The Balaban J connectivity index is 1.56. The molecule has 2 aliphatic heterocycles. The molecule has 1 N–H and O–H groups in total. The molecule has 148 valence electrons. The van der Waals surface area contributed by atoms with Gasteiger partial charge in [-0.3, -0.25) is 9.69 Å². The molecule has 0 radical (unpaired) electrons. The highest BCUT2D eigenvalue weighted by Crippen LogP contribution is 2.20. The minimum atomic E-state index is -3.17. The maximum atomic E-state index is 12.7. The number of hydrazone groups is 1. The lowest BCUT2D eigenvalue weighted by molar-refractivity contribution is -0.133. The number of nitrogens with zero attached hydrogens (tertiary/aromatic N) is 3. The molecule has 7 nitrogen and oxygen atoms in total. The van der Waals surface area contributed by atoms with E-state index in [0.29, 0.717) is 19.6 Å². The highest BCUT2D eigenvalue weighted by molar-refractivity contribution is 7.88. The number of likely N-dealkylation sites (tertiary alicyclic amines) is 1. The Morgan fingerprint density at radius 3 is 2.74 bits per heavy atom. The highest BCUT2D eigenvalue weighted by atomic mass is 32.2. The lowest BCUT2D eigenvalue weighted by Crippen LogP contribution is -2.46. The number of carbonyl (C=O) groups excluding carboxylic acids is 1. The van der Waals surface area contributed by atoms with Crippen LogP contribution < -0.4 is 4.72 Å². The van der Waals surface area contributed by atoms with Crippen molar-refractivity contribution in [2.24, 2.45) is 5.10 Å². The van der Waals surface area contributed by atoms with Gasteiger partial charge in [0.2, 0.25) is 10.0 Å². The highest BCUT2D eigenvalue weighted by Gasteiger charge is 2.28. The zero-order valence-electron chi connectivity index (χ0n) is 15.8. The van der Waals surface area contributed by atoms with Crippen LogP contribution >= 0.6 is 0 Å². The van der Waals surface area contributed by atoms with Crippen LogP contribution in [0.4, 0.5) is 0 Å². The number of piperidine rings is 1. The predicted octanol–water partition coefficient (Wildman–Crippen LogP) is 1.42. The van der Waals surface area contributed by atoms with Gasteiger partial charge in [-0.15, -0.1) is 0 Å². The number of rotatable bonds is 7. The Bertz CT molecular complexity index is 779. The van der Waals surface area contributed by atoms with Gasteiger partial charge in [0.15, 0.2) is 0 Å². The van der Waals surface area contributed by atoms with Gasteiger partial charge in [0.1, 0.15) is 0 Å². The molecule has 1 atom stereocenters. The van der Waals surface area contributed by atoms with Crippen LogP contribution in [-0.2, 0) is 14.8 Å². The summed E-state index contributed by atoms with van der Waals surface area (Å²) in [5.41, 5.74) is 2.02. The zero-order valence-corrected chi connectivity index (χ0v) is 16.6. The predicted molar refractivity (Wildman–Crippen MR) is 106 cm³/mol. The second-order valence-corrected chi connectivity index (χ2v) is 9.09. The van der Waals surface area contributed by atoms with Gasteiger partial charge in [-0.2, -0.15) is 5.10 Å². The molecule has 8 heteroatoms. The summed E-state index contributed by atoms with van der Waals surface area (Å²) < 4.78 is 25.1. The number of amides is 1. The van der Waals surface area contributed by atoms with Crippen LogP contribution in [0.5, 0.6) is 0 Å². The molecule has 0 bridgehead atoms. The van der Waals surface area contributed by atoms with Crippen LogP contribution in [0.25, 0.3) is 0 Å². The van der Waals surface area contributed by atoms with Crippen molar-refractivity contribution >= 4 is 21.6 Å². The van der Waals surface area contributed by atoms with Crippen molar-refractivity contribution in [3.63, 3.8) is 0 Å². The summed E-state index contributed by atoms with van der Waals surface area (Å²) in [4.78, 5) is 14.9. The van der Waals surface area contributed by atoms with E-state index in [1.807, 2.05) is 30.3 Å². The molecule has 0 spiro atoms. The van der Waals surface area contributed by atoms with E-state index in [0.717, 1.165) is 49.9 Å². The molecule has 1 aromatic carbocycles. The number of sulfonamides is 1. The lowest BCUT2D eigenvalue weighted by Gasteiger charge is -2.35. The average Bonchev–Trinajstić information content (AvgIpc) is 3.13. The molecule has 0 aromatic heterocycles. The van der Waals surface area contributed by atoms with E-state index in [4.69, 9.17) is 0 Å². The SMILES string of the molecule is CS(=O)(=O)NCCC1CCCCN1CC(=O)N1CCC(c2ccccc2)=N1. The Labute approximate surface area is 161 Å². The van der Waals surface area contributed by atoms with Gasteiger partial charge < -0.3 is 0 Å². The van der Waals surface area contributed by atoms with Gasteiger partial charge in [-0.1, -0.05) is 36.8 Å². The van der Waals surface area contributed by atoms with Crippen LogP contribution in [0.15, 0.2) is 35.4 Å². The monoisotopic (exact) mass is 392 g/mol. The van der Waals surface area contributed by atoms with E-state index in [1.54, 1.807) is 5.01 Å². The fourth-order valence-corrected chi connectivity index (χ4v) is 4.22. The van der Waals surface area contributed by atoms with Gasteiger partial charge in [0, 0.05) is 19.0 Å². The smallest absolute Gasteiger partial charge is 0.256 e. The molecule has 1 fully saturated rings. The van der Waals surface area contributed by atoms with Gasteiger partial charge in [0.25, 0.3) is 5.91 Å².